The van der Waals surface area contributed by atoms with Gasteiger partial charge in [-0.1, -0.05) is 29.3 Å². The monoisotopic (exact) mass is 623 g/mol. The molecule has 5 aromatic rings. The molecule has 0 atom stereocenters. The zero-order valence-electron chi connectivity index (χ0n) is 16.5. The fourth-order valence-corrected chi connectivity index (χ4v) is 5.49. The summed E-state index contributed by atoms with van der Waals surface area (Å²) in [5.41, 5.74) is 2.89. The molecule has 3 aromatic carbocycles. The van der Waals surface area contributed by atoms with Crippen LogP contribution in [0.1, 0.15) is 9.67 Å². The van der Waals surface area contributed by atoms with Gasteiger partial charge in [0.2, 0.25) is 5.89 Å². The molecule has 10 heteroatoms. The van der Waals surface area contributed by atoms with Crippen LogP contribution in [0.2, 0.25) is 10.0 Å². The lowest BCUT2D eigenvalue weighted by Crippen LogP contribution is -2.33. The van der Waals surface area contributed by atoms with Crippen LogP contribution < -0.4 is 10.6 Å². The normalized spacial score (nSPS) is 11.1. The van der Waals surface area contributed by atoms with E-state index in [1.54, 1.807) is 30.3 Å². The number of carbonyl (C=O) groups excluding carboxylic acids is 1. The van der Waals surface area contributed by atoms with Gasteiger partial charge in [0.05, 0.1) is 5.02 Å². The molecule has 33 heavy (non-hydrogen) atoms. The summed E-state index contributed by atoms with van der Waals surface area (Å²) < 4.78 is 7.83. The van der Waals surface area contributed by atoms with Crippen molar-refractivity contribution in [2.45, 2.75) is 0 Å². The number of benzene rings is 3. The van der Waals surface area contributed by atoms with Crippen LogP contribution in [0.5, 0.6) is 0 Å². The Bertz CT molecular complexity index is 1550. The molecule has 0 radical (unpaired) electrons. The van der Waals surface area contributed by atoms with Crippen molar-refractivity contribution in [3.63, 3.8) is 0 Å². The Labute approximate surface area is 221 Å². The van der Waals surface area contributed by atoms with Crippen LogP contribution in [0, 0.1) is 3.57 Å². The molecule has 0 saturated carbocycles. The van der Waals surface area contributed by atoms with Gasteiger partial charge >= 0.3 is 0 Å². The molecule has 0 aliphatic carbocycles. The lowest BCUT2D eigenvalue weighted by Gasteiger charge is -2.08. The number of hydrogen-bond donors (Lipinski definition) is 2. The third-order valence-corrected chi connectivity index (χ3v) is 7.58. The Kier molecular flexibility index (Phi) is 6.28. The van der Waals surface area contributed by atoms with E-state index in [9.17, 15) is 4.79 Å². The van der Waals surface area contributed by atoms with Crippen LogP contribution >= 0.6 is 69.3 Å². The number of fused-ring (bicyclic) bond motifs is 2. The van der Waals surface area contributed by atoms with Crippen LogP contribution in [0.15, 0.2) is 65.1 Å². The number of thiophene rings is 1. The van der Waals surface area contributed by atoms with Crippen LogP contribution in [0.4, 0.5) is 5.69 Å². The Balaban J connectivity index is 1.32. The molecule has 2 heterocycles. The smallest absolute Gasteiger partial charge is 0.269 e. The van der Waals surface area contributed by atoms with Crippen molar-refractivity contribution in [3.8, 4) is 11.5 Å². The average Bonchev–Trinajstić information content (AvgIpc) is 3.34. The lowest BCUT2D eigenvalue weighted by molar-refractivity contribution is 0.0982. The first kappa shape index (κ1) is 22.5. The minimum Gasteiger partial charge on any atom is -0.436 e. The minimum absolute atomic E-state index is 0.146. The SMILES string of the molecule is O=C(NC(=S)Nc1ccc2oc(-c3ccc(I)cc3)nc2c1)c1sc2cc(Cl)ccc2c1Cl. The van der Waals surface area contributed by atoms with E-state index in [1.165, 1.54) is 11.3 Å². The molecule has 2 aromatic heterocycles. The van der Waals surface area contributed by atoms with Crippen molar-refractivity contribution < 1.29 is 9.21 Å². The lowest BCUT2D eigenvalue weighted by atomic mass is 10.2. The van der Waals surface area contributed by atoms with Crippen molar-refractivity contribution in [1.82, 2.24) is 10.3 Å². The Morgan fingerprint density at radius 3 is 2.64 bits per heavy atom. The van der Waals surface area contributed by atoms with Gasteiger partial charge in [0, 0.05) is 29.9 Å². The fraction of sp³-hybridized carbons (Fsp3) is 0. The second-order valence-electron chi connectivity index (χ2n) is 7.00. The maximum absolute atomic E-state index is 12.7. The summed E-state index contributed by atoms with van der Waals surface area (Å²) in [5.74, 6) is 0.146. The highest BCUT2D eigenvalue weighted by Crippen LogP contribution is 2.36. The van der Waals surface area contributed by atoms with Gasteiger partial charge in [0.15, 0.2) is 10.7 Å². The predicted molar refractivity (Wildman–Crippen MR) is 148 cm³/mol. The van der Waals surface area contributed by atoms with E-state index in [4.69, 9.17) is 39.8 Å². The second-order valence-corrected chi connectivity index (χ2v) is 10.5. The average molecular weight is 624 g/mol. The van der Waals surface area contributed by atoms with Crippen LogP contribution in [-0.4, -0.2) is 16.0 Å². The predicted octanol–water partition coefficient (Wildman–Crippen LogP) is 7.75. The number of oxazole rings is 1. The van der Waals surface area contributed by atoms with Crippen LogP contribution in [0.25, 0.3) is 32.6 Å². The molecule has 0 spiro atoms. The molecule has 2 N–H and O–H groups in total. The fourth-order valence-electron chi connectivity index (χ4n) is 3.23. The Morgan fingerprint density at radius 2 is 1.85 bits per heavy atom. The molecule has 0 saturated heterocycles. The summed E-state index contributed by atoms with van der Waals surface area (Å²) in [7, 11) is 0. The largest absolute Gasteiger partial charge is 0.436 e. The molecule has 0 fully saturated rings. The van der Waals surface area contributed by atoms with E-state index in [0.717, 1.165) is 19.2 Å². The number of rotatable bonds is 3. The summed E-state index contributed by atoms with van der Waals surface area (Å²) >= 11 is 21.3. The number of halogens is 3. The van der Waals surface area contributed by atoms with Gasteiger partial charge in [-0.2, -0.15) is 0 Å². The molecule has 1 amide bonds. The van der Waals surface area contributed by atoms with E-state index >= 15 is 0 Å². The summed E-state index contributed by atoms with van der Waals surface area (Å²) in [6, 6.07) is 18.6. The van der Waals surface area contributed by atoms with Gasteiger partial charge < -0.3 is 9.73 Å². The summed E-state index contributed by atoms with van der Waals surface area (Å²) in [4.78, 5) is 17.7. The second kappa shape index (κ2) is 9.19. The maximum Gasteiger partial charge on any atom is 0.269 e. The number of nitrogens with one attached hydrogen (secondary N) is 2. The van der Waals surface area contributed by atoms with Gasteiger partial charge in [-0.25, -0.2) is 4.98 Å². The highest BCUT2D eigenvalue weighted by Gasteiger charge is 2.18. The van der Waals surface area contributed by atoms with E-state index < -0.39 is 5.91 Å². The molecular formula is C23H12Cl2IN3O2S2. The molecule has 0 aliphatic heterocycles. The number of aromatic nitrogens is 1. The topological polar surface area (TPSA) is 67.2 Å². The molecule has 0 aliphatic rings. The summed E-state index contributed by atoms with van der Waals surface area (Å²) in [6.07, 6.45) is 0. The highest BCUT2D eigenvalue weighted by molar-refractivity contribution is 14.1. The first-order chi connectivity index (χ1) is 15.9. The Morgan fingerprint density at radius 1 is 1.06 bits per heavy atom. The van der Waals surface area contributed by atoms with Crippen molar-refractivity contribution in [2.24, 2.45) is 0 Å². The third kappa shape index (κ3) is 4.71. The van der Waals surface area contributed by atoms with E-state index in [2.05, 4.69) is 38.2 Å². The minimum atomic E-state index is -0.390. The molecule has 164 valence electrons. The zero-order chi connectivity index (χ0) is 23.1. The molecule has 0 bridgehead atoms. The van der Waals surface area contributed by atoms with Crippen molar-refractivity contribution in [2.75, 3.05) is 5.32 Å². The quantitative estimate of drug-likeness (QED) is 0.159. The number of amides is 1. The zero-order valence-corrected chi connectivity index (χ0v) is 21.8. The van der Waals surface area contributed by atoms with E-state index in [-0.39, 0.29) is 5.11 Å². The van der Waals surface area contributed by atoms with Crippen molar-refractivity contribution in [1.29, 1.82) is 0 Å². The number of thiocarbonyl (C=S) groups is 1. The standard InChI is InChI=1S/C23H12Cl2IN3O2S2/c24-12-3-7-15-18(9-12)33-20(19(15)25)21(30)29-23(32)27-14-6-8-17-16(10-14)28-22(31-17)11-1-4-13(26)5-2-11/h1-10H,(H2,27,29,30,32). The maximum atomic E-state index is 12.7. The van der Waals surface area contributed by atoms with Gasteiger partial charge in [-0.15, -0.1) is 11.3 Å². The number of hydrogen-bond acceptors (Lipinski definition) is 5. The first-order valence-corrected chi connectivity index (χ1v) is 12.6. The molecule has 0 unspecified atom stereocenters. The molecular weight excluding hydrogens is 612 g/mol. The third-order valence-electron chi connectivity index (χ3n) is 4.76. The van der Waals surface area contributed by atoms with Gasteiger partial charge in [-0.05, 0) is 89.4 Å². The molecule has 5 nitrogen and oxygen atoms in total. The van der Waals surface area contributed by atoms with Crippen molar-refractivity contribution in [3.05, 3.63) is 79.2 Å². The van der Waals surface area contributed by atoms with Gasteiger partial charge in [-0.3, -0.25) is 10.1 Å². The molecule has 5 rings (SSSR count). The Hall–Kier alpha value is -2.24. The first-order valence-electron chi connectivity index (χ1n) is 9.54. The number of anilines is 1. The number of carbonyl (C=O) groups is 1. The van der Waals surface area contributed by atoms with E-state index in [1.807, 2.05) is 30.3 Å². The summed E-state index contributed by atoms with van der Waals surface area (Å²) in [5, 5.41) is 7.56. The van der Waals surface area contributed by atoms with Crippen molar-refractivity contribution >= 4 is 107 Å². The highest BCUT2D eigenvalue weighted by atomic mass is 127. The van der Waals surface area contributed by atoms with E-state index in [0.29, 0.717) is 37.6 Å². The van der Waals surface area contributed by atoms with Crippen LogP contribution in [0.3, 0.4) is 0 Å². The van der Waals surface area contributed by atoms with Crippen LogP contribution in [-0.2, 0) is 0 Å². The van der Waals surface area contributed by atoms with Gasteiger partial charge in [0.25, 0.3) is 5.91 Å². The van der Waals surface area contributed by atoms with Gasteiger partial charge in [0.1, 0.15) is 10.4 Å². The number of nitrogens with zero attached hydrogens (tertiary/aromatic N) is 1. The summed E-state index contributed by atoms with van der Waals surface area (Å²) in [6.45, 7) is 0.